The van der Waals surface area contributed by atoms with Crippen molar-refractivity contribution in [2.45, 2.75) is 45.1 Å². The lowest BCUT2D eigenvalue weighted by atomic mass is 9.85. The van der Waals surface area contributed by atoms with Crippen LogP contribution < -0.4 is 16.4 Å². The van der Waals surface area contributed by atoms with E-state index in [1.807, 2.05) is 0 Å². The molecule has 0 aliphatic heterocycles. The van der Waals surface area contributed by atoms with Gasteiger partial charge in [-0.3, -0.25) is 4.79 Å². The summed E-state index contributed by atoms with van der Waals surface area (Å²) in [5.74, 6) is -0.141. The topological polar surface area (TPSA) is 72.3 Å². The Morgan fingerprint density at radius 1 is 1.38 bits per heavy atom. The van der Waals surface area contributed by atoms with Gasteiger partial charge in [-0.25, -0.2) is 0 Å². The summed E-state index contributed by atoms with van der Waals surface area (Å²) in [5, 5.41) is 0. The molecule has 1 aromatic carbocycles. The van der Waals surface area contributed by atoms with Gasteiger partial charge in [0.15, 0.2) is 0 Å². The number of aryl methyl sites for hydroxylation is 1. The highest BCUT2D eigenvalue weighted by Crippen LogP contribution is 2.36. The molecule has 21 heavy (non-hydrogen) atoms. The van der Waals surface area contributed by atoms with E-state index in [1.54, 1.807) is 0 Å². The van der Waals surface area contributed by atoms with E-state index in [-0.39, 0.29) is 11.8 Å². The minimum atomic E-state index is -0.799. The molecule has 1 saturated carbocycles. The van der Waals surface area contributed by atoms with Crippen molar-refractivity contribution in [1.82, 2.24) is 0 Å². The number of nitrogens with zero attached hydrogens (tertiary/aromatic N) is 1. The van der Waals surface area contributed by atoms with Crippen molar-refractivity contribution in [1.29, 1.82) is 0 Å². The van der Waals surface area contributed by atoms with E-state index < -0.39 is 5.54 Å². The van der Waals surface area contributed by atoms with Gasteiger partial charge < -0.3 is 16.4 Å². The SMILES string of the molecule is CCN(CCC1CCCC1(N)C(N)=O)c1ccc(C)cc1. The Hall–Kier alpha value is -1.55. The summed E-state index contributed by atoms with van der Waals surface area (Å²) >= 11 is 0. The van der Waals surface area contributed by atoms with E-state index in [4.69, 9.17) is 11.5 Å². The summed E-state index contributed by atoms with van der Waals surface area (Å²) in [6.07, 6.45) is 3.65. The lowest BCUT2D eigenvalue weighted by Gasteiger charge is -2.31. The smallest absolute Gasteiger partial charge is 0.237 e. The standard InChI is InChI=1S/C17H27N3O/c1-3-20(15-8-6-13(2)7-9-15)12-10-14-5-4-11-17(14,19)16(18)21/h6-9,14H,3-5,10-12,19H2,1-2H3,(H2,18,21). The number of benzene rings is 1. The van der Waals surface area contributed by atoms with Crippen LogP contribution in [-0.2, 0) is 4.79 Å². The molecule has 0 bridgehead atoms. The normalized spacial score (nSPS) is 25.0. The van der Waals surface area contributed by atoms with Gasteiger partial charge in [-0.2, -0.15) is 0 Å². The Kier molecular flexibility index (Phi) is 4.88. The van der Waals surface area contributed by atoms with Gasteiger partial charge in [0.1, 0.15) is 0 Å². The van der Waals surface area contributed by atoms with Gasteiger partial charge in [-0.1, -0.05) is 24.1 Å². The third-order valence-electron chi connectivity index (χ3n) is 4.86. The van der Waals surface area contributed by atoms with E-state index in [1.165, 1.54) is 11.3 Å². The lowest BCUT2D eigenvalue weighted by Crippen LogP contribution is -2.55. The van der Waals surface area contributed by atoms with Crippen LogP contribution in [0.1, 0.15) is 38.2 Å². The molecule has 2 rings (SSSR count). The zero-order chi connectivity index (χ0) is 15.5. The summed E-state index contributed by atoms with van der Waals surface area (Å²) in [6, 6.07) is 8.56. The number of hydrogen-bond donors (Lipinski definition) is 2. The van der Waals surface area contributed by atoms with Crippen molar-refractivity contribution in [3.63, 3.8) is 0 Å². The first-order valence-corrected chi connectivity index (χ1v) is 7.87. The molecule has 116 valence electrons. The maximum atomic E-state index is 11.6. The third-order valence-corrected chi connectivity index (χ3v) is 4.86. The average Bonchev–Trinajstić information content (AvgIpc) is 2.84. The fourth-order valence-corrected chi connectivity index (χ4v) is 3.37. The summed E-state index contributed by atoms with van der Waals surface area (Å²) in [4.78, 5) is 14.0. The van der Waals surface area contributed by atoms with Crippen LogP contribution in [0.5, 0.6) is 0 Å². The molecule has 0 saturated heterocycles. The van der Waals surface area contributed by atoms with Crippen LogP contribution in [0.25, 0.3) is 0 Å². The molecular formula is C17H27N3O. The van der Waals surface area contributed by atoms with Gasteiger partial charge in [0.2, 0.25) is 5.91 Å². The lowest BCUT2D eigenvalue weighted by molar-refractivity contribution is -0.124. The van der Waals surface area contributed by atoms with Gasteiger partial charge >= 0.3 is 0 Å². The second kappa shape index (κ2) is 6.48. The van der Waals surface area contributed by atoms with Crippen molar-refractivity contribution < 1.29 is 4.79 Å². The molecule has 1 amide bonds. The number of hydrogen-bond acceptors (Lipinski definition) is 3. The molecule has 1 aliphatic carbocycles. The number of carbonyl (C=O) groups is 1. The van der Waals surface area contributed by atoms with Gasteiger partial charge in [-0.05, 0) is 51.2 Å². The minimum absolute atomic E-state index is 0.203. The highest BCUT2D eigenvalue weighted by Gasteiger charge is 2.43. The fourth-order valence-electron chi connectivity index (χ4n) is 3.37. The molecular weight excluding hydrogens is 262 g/mol. The van der Waals surface area contributed by atoms with E-state index in [0.717, 1.165) is 38.8 Å². The molecule has 4 nitrogen and oxygen atoms in total. The van der Waals surface area contributed by atoms with Crippen LogP contribution in [0.2, 0.25) is 0 Å². The van der Waals surface area contributed by atoms with Crippen LogP contribution in [0.15, 0.2) is 24.3 Å². The highest BCUT2D eigenvalue weighted by molar-refractivity contribution is 5.85. The Bertz CT molecular complexity index is 485. The Balaban J connectivity index is 2.00. The number of amides is 1. The third kappa shape index (κ3) is 3.38. The largest absolute Gasteiger partial charge is 0.372 e. The summed E-state index contributed by atoms with van der Waals surface area (Å²) in [5.41, 5.74) is 13.4. The van der Waals surface area contributed by atoms with Gasteiger partial charge in [0.05, 0.1) is 5.54 Å². The zero-order valence-corrected chi connectivity index (χ0v) is 13.1. The van der Waals surface area contributed by atoms with Crippen molar-refractivity contribution in [2.75, 3.05) is 18.0 Å². The Morgan fingerprint density at radius 2 is 2.05 bits per heavy atom. The molecule has 1 aliphatic rings. The van der Waals surface area contributed by atoms with Crippen molar-refractivity contribution >= 4 is 11.6 Å². The van der Waals surface area contributed by atoms with E-state index in [0.29, 0.717) is 0 Å². The molecule has 0 radical (unpaired) electrons. The van der Waals surface area contributed by atoms with E-state index in [9.17, 15) is 4.79 Å². The quantitative estimate of drug-likeness (QED) is 0.843. The maximum Gasteiger partial charge on any atom is 0.237 e. The second-order valence-electron chi connectivity index (χ2n) is 6.20. The van der Waals surface area contributed by atoms with Crippen LogP contribution in [0.3, 0.4) is 0 Å². The monoisotopic (exact) mass is 289 g/mol. The average molecular weight is 289 g/mol. The zero-order valence-electron chi connectivity index (χ0n) is 13.1. The molecule has 1 aromatic rings. The van der Waals surface area contributed by atoms with Crippen LogP contribution in [0, 0.1) is 12.8 Å². The number of nitrogens with two attached hydrogens (primary N) is 2. The number of rotatable bonds is 6. The first kappa shape index (κ1) is 15.8. The van der Waals surface area contributed by atoms with Crippen molar-refractivity contribution in [3.8, 4) is 0 Å². The number of primary amides is 1. The van der Waals surface area contributed by atoms with Gasteiger partial charge in [-0.15, -0.1) is 0 Å². The first-order chi connectivity index (χ1) is 9.97. The molecule has 0 aromatic heterocycles. The van der Waals surface area contributed by atoms with Crippen molar-refractivity contribution in [2.24, 2.45) is 17.4 Å². The predicted octanol–water partition coefficient (Wildman–Crippen LogP) is 2.19. The minimum Gasteiger partial charge on any atom is -0.372 e. The Labute approximate surface area is 127 Å². The molecule has 2 unspecified atom stereocenters. The predicted molar refractivity (Wildman–Crippen MR) is 87.1 cm³/mol. The highest BCUT2D eigenvalue weighted by atomic mass is 16.1. The molecule has 4 N–H and O–H groups in total. The Morgan fingerprint density at radius 3 is 2.62 bits per heavy atom. The molecule has 0 heterocycles. The first-order valence-electron chi connectivity index (χ1n) is 7.87. The molecule has 2 atom stereocenters. The van der Waals surface area contributed by atoms with Gasteiger partial charge in [0.25, 0.3) is 0 Å². The number of anilines is 1. The maximum absolute atomic E-state index is 11.6. The molecule has 0 spiro atoms. The number of carbonyl (C=O) groups excluding carboxylic acids is 1. The van der Waals surface area contributed by atoms with Crippen LogP contribution >= 0.6 is 0 Å². The van der Waals surface area contributed by atoms with Crippen molar-refractivity contribution in [3.05, 3.63) is 29.8 Å². The van der Waals surface area contributed by atoms with E-state index >= 15 is 0 Å². The van der Waals surface area contributed by atoms with Crippen LogP contribution in [0.4, 0.5) is 5.69 Å². The molecule has 4 heteroatoms. The summed E-state index contributed by atoms with van der Waals surface area (Å²) < 4.78 is 0. The van der Waals surface area contributed by atoms with E-state index in [2.05, 4.69) is 43.0 Å². The summed E-state index contributed by atoms with van der Waals surface area (Å²) in [7, 11) is 0. The van der Waals surface area contributed by atoms with Crippen LogP contribution in [-0.4, -0.2) is 24.5 Å². The molecule has 1 fully saturated rings. The second-order valence-corrected chi connectivity index (χ2v) is 6.20. The van der Waals surface area contributed by atoms with Gasteiger partial charge in [0, 0.05) is 18.8 Å². The summed E-state index contributed by atoms with van der Waals surface area (Å²) in [6.45, 7) is 6.10. The fraction of sp³-hybridized carbons (Fsp3) is 0.588.